The molecule has 1 aliphatic rings. The van der Waals surface area contributed by atoms with Crippen LogP contribution in [0.1, 0.15) is 66.7 Å². The first-order valence-corrected chi connectivity index (χ1v) is 10.3. The van der Waals surface area contributed by atoms with Crippen molar-refractivity contribution in [3.8, 4) is 5.88 Å². The van der Waals surface area contributed by atoms with Crippen LogP contribution in [0.4, 0.5) is 0 Å². The number of aromatic nitrogens is 3. The smallest absolute Gasteiger partial charge is 0.254 e. The SMILES string of the molecule is CNC(=O)c1cnc([C@@H]2CCCN(C(=O)CCc3cc(OC(C)C)no3)C2)nc1C. The molecule has 1 aliphatic heterocycles. The molecule has 162 valence electrons. The van der Waals surface area contributed by atoms with E-state index < -0.39 is 0 Å². The fourth-order valence-electron chi connectivity index (χ4n) is 3.55. The number of ether oxygens (including phenoxy) is 1. The number of carbonyl (C=O) groups is 2. The number of nitrogens with one attached hydrogen (secondary N) is 1. The number of amides is 2. The van der Waals surface area contributed by atoms with Crippen molar-refractivity contribution in [1.29, 1.82) is 0 Å². The topological polar surface area (TPSA) is 110 Å². The van der Waals surface area contributed by atoms with Gasteiger partial charge in [0.1, 0.15) is 11.6 Å². The van der Waals surface area contributed by atoms with E-state index in [0.29, 0.717) is 48.1 Å². The first kappa shape index (κ1) is 21.7. The van der Waals surface area contributed by atoms with E-state index in [1.807, 2.05) is 18.7 Å². The summed E-state index contributed by atoms with van der Waals surface area (Å²) in [4.78, 5) is 35.4. The Kier molecular flexibility index (Phi) is 7.02. The average molecular weight is 415 g/mol. The summed E-state index contributed by atoms with van der Waals surface area (Å²) in [6.07, 6.45) is 4.22. The summed E-state index contributed by atoms with van der Waals surface area (Å²) in [6, 6.07) is 1.73. The summed E-state index contributed by atoms with van der Waals surface area (Å²) in [5.74, 6) is 1.70. The van der Waals surface area contributed by atoms with Crippen LogP contribution >= 0.6 is 0 Å². The summed E-state index contributed by atoms with van der Waals surface area (Å²) in [5, 5.41) is 6.45. The summed E-state index contributed by atoms with van der Waals surface area (Å²) >= 11 is 0. The first-order chi connectivity index (χ1) is 14.4. The highest BCUT2D eigenvalue weighted by molar-refractivity contribution is 5.94. The molecule has 0 unspecified atom stereocenters. The highest BCUT2D eigenvalue weighted by atomic mass is 16.5. The second kappa shape index (κ2) is 9.69. The van der Waals surface area contributed by atoms with E-state index in [9.17, 15) is 9.59 Å². The molecule has 9 heteroatoms. The van der Waals surface area contributed by atoms with Crippen molar-refractivity contribution in [2.24, 2.45) is 0 Å². The number of carbonyl (C=O) groups excluding carboxylic acids is 2. The molecule has 1 N–H and O–H groups in total. The molecule has 0 aromatic carbocycles. The number of aryl methyl sites for hydroxylation is 2. The third-order valence-corrected chi connectivity index (χ3v) is 5.09. The van der Waals surface area contributed by atoms with Crippen molar-refractivity contribution < 1.29 is 18.8 Å². The minimum atomic E-state index is -0.200. The molecule has 9 nitrogen and oxygen atoms in total. The summed E-state index contributed by atoms with van der Waals surface area (Å²) in [6.45, 7) is 6.94. The normalized spacial score (nSPS) is 16.6. The Bertz CT molecular complexity index is 895. The second-order valence-corrected chi connectivity index (χ2v) is 7.78. The number of rotatable bonds is 7. The van der Waals surface area contributed by atoms with E-state index in [1.54, 1.807) is 26.2 Å². The van der Waals surface area contributed by atoms with E-state index in [0.717, 1.165) is 19.4 Å². The quantitative estimate of drug-likeness (QED) is 0.738. The average Bonchev–Trinajstić information content (AvgIpc) is 3.18. The summed E-state index contributed by atoms with van der Waals surface area (Å²) in [7, 11) is 1.58. The second-order valence-electron chi connectivity index (χ2n) is 7.78. The molecular formula is C21H29N5O4. The number of piperidine rings is 1. The van der Waals surface area contributed by atoms with Crippen LogP contribution in [-0.2, 0) is 11.2 Å². The van der Waals surface area contributed by atoms with Crippen LogP contribution in [0.5, 0.6) is 5.88 Å². The largest absolute Gasteiger partial charge is 0.473 e. The maximum atomic E-state index is 12.7. The predicted octanol–water partition coefficient (Wildman–Crippen LogP) is 2.26. The van der Waals surface area contributed by atoms with Crippen LogP contribution in [0.25, 0.3) is 0 Å². The summed E-state index contributed by atoms with van der Waals surface area (Å²) in [5.41, 5.74) is 1.12. The fourth-order valence-corrected chi connectivity index (χ4v) is 3.55. The highest BCUT2D eigenvalue weighted by Gasteiger charge is 2.27. The van der Waals surface area contributed by atoms with Gasteiger partial charge >= 0.3 is 0 Å². The number of nitrogens with zero attached hydrogens (tertiary/aromatic N) is 4. The summed E-state index contributed by atoms with van der Waals surface area (Å²) < 4.78 is 10.7. The zero-order valence-corrected chi connectivity index (χ0v) is 18.0. The van der Waals surface area contributed by atoms with Crippen molar-refractivity contribution in [2.75, 3.05) is 20.1 Å². The third kappa shape index (κ3) is 5.34. The molecule has 2 aromatic rings. The van der Waals surface area contributed by atoms with Gasteiger partial charge in [-0.15, -0.1) is 0 Å². The predicted molar refractivity (Wildman–Crippen MR) is 109 cm³/mol. The maximum Gasteiger partial charge on any atom is 0.254 e. The molecule has 2 aromatic heterocycles. The fraction of sp³-hybridized carbons (Fsp3) is 0.571. The minimum Gasteiger partial charge on any atom is -0.473 e. The standard InChI is InChI=1S/C21H29N5O4/c1-13(2)29-18-10-16(30-25-18)7-8-19(27)26-9-5-6-15(12-26)20-23-11-17(14(3)24-20)21(28)22-4/h10-11,13,15H,5-9,12H2,1-4H3,(H,22,28)/t15-/m1/s1. The van der Waals surface area contributed by atoms with Gasteiger partial charge in [0.15, 0.2) is 0 Å². The third-order valence-electron chi connectivity index (χ3n) is 5.09. The Morgan fingerprint density at radius 1 is 1.40 bits per heavy atom. The lowest BCUT2D eigenvalue weighted by molar-refractivity contribution is -0.132. The zero-order valence-electron chi connectivity index (χ0n) is 18.0. The van der Waals surface area contributed by atoms with E-state index in [1.165, 1.54) is 0 Å². The number of hydrogen-bond donors (Lipinski definition) is 1. The molecule has 1 atom stereocenters. The van der Waals surface area contributed by atoms with Crippen molar-refractivity contribution in [2.45, 2.75) is 58.5 Å². The van der Waals surface area contributed by atoms with Crippen LogP contribution in [0.3, 0.4) is 0 Å². The Balaban J connectivity index is 1.57. The molecule has 2 amide bonds. The van der Waals surface area contributed by atoms with Gasteiger partial charge in [0.25, 0.3) is 11.8 Å². The Labute approximate surface area is 176 Å². The van der Waals surface area contributed by atoms with Gasteiger partial charge in [-0.05, 0) is 38.8 Å². The first-order valence-electron chi connectivity index (χ1n) is 10.3. The van der Waals surface area contributed by atoms with Crippen molar-refractivity contribution >= 4 is 11.8 Å². The Morgan fingerprint density at radius 2 is 2.20 bits per heavy atom. The molecular weight excluding hydrogens is 386 g/mol. The van der Waals surface area contributed by atoms with Gasteiger partial charge in [-0.25, -0.2) is 9.97 Å². The van der Waals surface area contributed by atoms with E-state index in [-0.39, 0.29) is 23.8 Å². The zero-order chi connectivity index (χ0) is 21.7. The van der Waals surface area contributed by atoms with Gasteiger partial charge in [-0.2, -0.15) is 0 Å². The van der Waals surface area contributed by atoms with E-state index in [4.69, 9.17) is 9.26 Å². The van der Waals surface area contributed by atoms with Crippen molar-refractivity contribution in [3.05, 3.63) is 35.1 Å². The van der Waals surface area contributed by atoms with Gasteiger partial charge in [-0.3, -0.25) is 9.59 Å². The lowest BCUT2D eigenvalue weighted by atomic mass is 9.96. The molecule has 3 heterocycles. The van der Waals surface area contributed by atoms with Crippen LogP contribution in [-0.4, -0.2) is 58.1 Å². The van der Waals surface area contributed by atoms with Crippen molar-refractivity contribution in [1.82, 2.24) is 25.3 Å². The maximum absolute atomic E-state index is 12.7. The van der Waals surface area contributed by atoms with Gasteiger partial charge in [-0.1, -0.05) is 0 Å². The molecule has 1 saturated heterocycles. The number of likely N-dealkylation sites (tertiary alicyclic amines) is 1. The number of hydrogen-bond acceptors (Lipinski definition) is 7. The van der Waals surface area contributed by atoms with Crippen molar-refractivity contribution in [3.63, 3.8) is 0 Å². The van der Waals surface area contributed by atoms with Crippen LogP contribution in [0.15, 0.2) is 16.8 Å². The monoisotopic (exact) mass is 415 g/mol. The van der Waals surface area contributed by atoms with E-state index >= 15 is 0 Å². The Morgan fingerprint density at radius 3 is 2.90 bits per heavy atom. The molecule has 0 radical (unpaired) electrons. The van der Waals surface area contributed by atoms with Gasteiger partial charge in [0, 0.05) is 51.2 Å². The molecule has 0 bridgehead atoms. The molecule has 1 fully saturated rings. The molecule has 0 spiro atoms. The lowest BCUT2D eigenvalue weighted by Gasteiger charge is -2.32. The van der Waals surface area contributed by atoms with E-state index in [2.05, 4.69) is 20.4 Å². The van der Waals surface area contributed by atoms with Gasteiger partial charge in [0.2, 0.25) is 5.91 Å². The van der Waals surface area contributed by atoms with Crippen LogP contribution in [0.2, 0.25) is 0 Å². The Hall–Kier alpha value is -2.97. The van der Waals surface area contributed by atoms with Gasteiger partial charge < -0.3 is 19.5 Å². The molecule has 3 rings (SSSR count). The minimum absolute atomic E-state index is 0.0196. The van der Waals surface area contributed by atoms with Gasteiger partial charge in [0.05, 0.1) is 17.4 Å². The highest BCUT2D eigenvalue weighted by Crippen LogP contribution is 2.26. The molecule has 0 aliphatic carbocycles. The lowest BCUT2D eigenvalue weighted by Crippen LogP contribution is -2.39. The van der Waals surface area contributed by atoms with Crippen LogP contribution in [0, 0.1) is 6.92 Å². The van der Waals surface area contributed by atoms with Crippen LogP contribution < -0.4 is 10.1 Å². The molecule has 0 saturated carbocycles. The molecule has 30 heavy (non-hydrogen) atoms.